The summed E-state index contributed by atoms with van der Waals surface area (Å²) < 4.78 is 5.11. The van der Waals surface area contributed by atoms with Gasteiger partial charge in [0.2, 0.25) is 0 Å². The molecule has 1 aromatic rings. The van der Waals surface area contributed by atoms with E-state index in [-0.39, 0.29) is 11.9 Å². The summed E-state index contributed by atoms with van der Waals surface area (Å²) >= 11 is 0. The van der Waals surface area contributed by atoms with Crippen molar-refractivity contribution in [1.82, 2.24) is 9.80 Å². The predicted molar refractivity (Wildman–Crippen MR) is 62.7 cm³/mol. The lowest BCUT2D eigenvalue weighted by Crippen LogP contribution is -2.41. The van der Waals surface area contributed by atoms with Crippen molar-refractivity contribution in [1.29, 1.82) is 0 Å². The minimum absolute atomic E-state index is 0.0533. The number of amides is 1. The number of likely N-dealkylation sites (tertiary alicyclic amines) is 1. The molecule has 1 N–H and O–H groups in total. The van der Waals surface area contributed by atoms with Crippen LogP contribution in [-0.4, -0.2) is 60.1 Å². The van der Waals surface area contributed by atoms with Gasteiger partial charge in [-0.2, -0.15) is 0 Å². The number of nitrogens with zero attached hydrogens (tertiary/aromatic N) is 2. The standard InChI is InChI=1S/C12H18N2O3/c1-13(2)7-9-6-10(15)8-14(9)12(16)11-4-3-5-17-11/h3-5,9-10,15H,6-8H2,1-2H3. The number of β-amino-alcohol motifs (C(OH)–C–C–N with tert-alkyl or cyclic N) is 1. The molecule has 1 fully saturated rings. The molecule has 2 unspecified atom stereocenters. The van der Waals surface area contributed by atoms with Crippen LogP contribution in [0, 0.1) is 0 Å². The second-order valence-corrected chi connectivity index (χ2v) is 4.74. The van der Waals surface area contributed by atoms with E-state index in [1.165, 1.54) is 6.26 Å². The molecule has 0 spiro atoms. The van der Waals surface area contributed by atoms with Crippen molar-refractivity contribution < 1.29 is 14.3 Å². The first-order chi connectivity index (χ1) is 8.08. The summed E-state index contributed by atoms with van der Waals surface area (Å²) in [5.74, 6) is 0.196. The van der Waals surface area contributed by atoms with Crippen LogP contribution in [0.5, 0.6) is 0 Å². The van der Waals surface area contributed by atoms with Crippen LogP contribution in [0.25, 0.3) is 0 Å². The van der Waals surface area contributed by atoms with Gasteiger partial charge in [0, 0.05) is 19.1 Å². The van der Waals surface area contributed by atoms with Gasteiger partial charge in [0.25, 0.3) is 5.91 Å². The number of carbonyl (C=O) groups is 1. The number of aliphatic hydroxyl groups excluding tert-OH is 1. The Kier molecular flexibility index (Phi) is 3.49. The Morgan fingerprint density at radius 1 is 1.65 bits per heavy atom. The van der Waals surface area contributed by atoms with Gasteiger partial charge in [0.1, 0.15) is 0 Å². The van der Waals surface area contributed by atoms with E-state index in [2.05, 4.69) is 0 Å². The molecule has 1 aromatic heterocycles. The fourth-order valence-corrected chi connectivity index (χ4v) is 2.28. The van der Waals surface area contributed by atoms with Gasteiger partial charge in [-0.1, -0.05) is 0 Å². The topological polar surface area (TPSA) is 56.9 Å². The van der Waals surface area contributed by atoms with E-state index in [1.54, 1.807) is 17.0 Å². The number of carbonyl (C=O) groups excluding carboxylic acids is 1. The first-order valence-corrected chi connectivity index (χ1v) is 5.75. The zero-order valence-electron chi connectivity index (χ0n) is 10.2. The molecule has 0 bridgehead atoms. The highest BCUT2D eigenvalue weighted by Crippen LogP contribution is 2.21. The van der Waals surface area contributed by atoms with Crippen molar-refractivity contribution in [2.75, 3.05) is 27.2 Å². The first kappa shape index (κ1) is 12.1. The van der Waals surface area contributed by atoms with Gasteiger partial charge in [0.05, 0.1) is 12.4 Å². The molecule has 1 aliphatic rings. The molecule has 5 nitrogen and oxygen atoms in total. The monoisotopic (exact) mass is 238 g/mol. The summed E-state index contributed by atoms with van der Waals surface area (Å²) in [6, 6.07) is 3.40. The number of aliphatic hydroxyl groups is 1. The lowest BCUT2D eigenvalue weighted by molar-refractivity contribution is 0.0667. The van der Waals surface area contributed by atoms with Crippen molar-refractivity contribution in [3.63, 3.8) is 0 Å². The largest absolute Gasteiger partial charge is 0.459 e. The fourth-order valence-electron chi connectivity index (χ4n) is 2.28. The van der Waals surface area contributed by atoms with Crippen molar-refractivity contribution in [3.8, 4) is 0 Å². The number of rotatable bonds is 3. The summed E-state index contributed by atoms with van der Waals surface area (Å²) in [5.41, 5.74) is 0. The number of hydrogen-bond acceptors (Lipinski definition) is 4. The van der Waals surface area contributed by atoms with E-state index >= 15 is 0 Å². The quantitative estimate of drug-likeness (QED) is 0.829. The molecule has 2 rings (SSSR count). The Hall–Kier alpha value is -1.33. The van der Waals surface area contributed by atoms with Gasteiger partial charge >= 0.3 is 0 Å². The highest BCUT2D eigenvalue weighted by Gasteiger charge is 2.35. The fraction of sp³-hybridized carbons (Fsp3) is 0.583. The van der Waals surface area contributed by atoms with E-state index in [0.29, 0.717) is 18.7 Å². The molecule has 1 saturated heterocycles. The lowest BCUT2D eigenvalue weighted by atomic mass is 10.2. The number of furan rings is 1. The molecule has 17 heavy (non-hydrogen) atoms. The van der Waals surface area contributed by atoms with Gasteiger partial charge in [-0.25, -0.2) is 0 Å². The molecule has 0 aromatic carbocycles. The van der Waals surface area contributed by atoms with E-state index < -0.39 is 6.10 Å². The third-order valence-corrected chi connectivity index (χ3v) is 2.96. The van der Waals surface area contributed by atoms with Gasteiger partial charge in [-0.15, -0.1) is 0 Å². The third kappa shape index (κ3) is 2.68. The molecular formula is C12H18N2O3. The Labute approximate surface area is 101 Å². The van der Waals surface area contributed by atoms with Gasteiger partial charge in [0.15, 0.2) is 5.76 Å². The first-order valence-electron chi connectivity index (χ1n) is 5.75. The molecule has 1 aliphatic heterocycles. The minimum atomic E-state index is -0.432. The summed E-state index contributed by atoms with van der Waals surface area (Å²) in [5, 5.41) is 9.69. The van der Waals surface area contributed by atoms with Gasteiger partial charge in [-0.3, -0.25) is 4.79 Å². The zero-order chi connectivity index (χ0) is 12.4. The SMILES string of the molecule is CN(C)CC1CC(O)CN1C(=O)c1ccco1. The molecule has 0 aliphatic carbocycles. The van der Waals surface area contributed by atoms with Crippen LogP contribution in [0.4, 0.5) is 0 Å². The maximum atomic E-state index is 12.1. The minimum Gasteiger partial charge on any atom is -0.459 e. The lowest BCUT2D eigenvalue weighted by Gasteiger charge is -2.25. The number of hydrogen-bond donors (Lipinski definition) is 1. The maximum Gasteiger partial charge on any atom is 0.289 e. The number of likely N-dealkylation sites (N-methyl/N-ethyl adjacent to an activating group) is 1. The van der Waals surface area contributed by atoms with Crippen molar-refractivity contribution >= 4 is 5.91 Å². The highest BCUT2D eigenvalue weighted by molar-refractivity contribution is 5.91. The molecule has 1 amide bonds. The molecule has 2 heterocycles. The summed E-state index contributed by atoms with van der Waals surface area (Å²) in [6.45, 7) is 1.14. The molecular weight excluding hydrogens is 220 g/mol. The molecule has 2 atom stereocenters. The van der Waals surface area contributed by atoms with Crippen LogP contribution in [0.15, 0.2) is 22.8 Å². The Bertz CT molecular complexity index is 375. The van der Waals surface area contributed by atoms with Crippen LogP contribution in [0.2, 0.25) is 0 Å². The Balaban J connectivity index is 2.10. The van der Waals surface area contributed by atoms with Gasteiger partial charge in [-0.05, 0) is 32.6 Å². The van der Waals surface area contributed by atoms with Crippen molar-refractivity contribution in [2.24, 2.45) is 0 Å². The smallest absolute Gasteiger partial charge is 0.289 e. The maximum absolute atomic E-state index is 12.1. The average molecular weight is 238 g/mol. The van der Waals surface area contributed by atoms with Crippen LogP contribution in [-0.2, 0) is 0 Å². The Morgan fingerprint density at radius 3 is 3.00 bits per heavy atom. The molecule has 5 heteroatoms. The average Bonchev–Trinajstić information content (AvgIpc) is 2.85. The molecule has 0 radical (unpaired) electrons. The molecule has 94 valence electrons. The summed E-state index contributed by atoms with van der Waals surface area (Å²) in [6.07, 6.45) is 1.68. The van der Waals surface area contributed by atoms with Crippen LogP contribution < -0.4 is 0 Å². The van der Waals surface area contributed by atoms with Crippen molar-refractivity contribution in [3.05, 3.63) is 24.2 Å². The van der Waals surface area contributed by atoms with Crippen molar-refractivity contribution in [2.45, 2.75) is 18.6 Å². The van der Waals surface area contributed by atoms with E-state index in [4.69, 9.17) is 4.42 Å². The summed E-state index contributed by atoms with van der Waals surface area (Å²) in [4.78, 5) is 15.9. The van der Waals surface area contributed by atoms with E-state index in [1.807, 2.05) is 19.0 Å². The third-order valence-electron chi connectivity index (χ3n) is 2.96. The van der Waals surface area contributed by atoms with Crippen LogP contribution in [0.3, 0.4) is 0 Å². The highest BCUT2D eigenvalue weighted by atomic mass is 16.3. The molecule has 0 saturated carbocycles. The van der Waals surface area contributed by atoms with Crippen LogP contribution in [0.1, 0.15) is 17.0 Å². The normalized spacial score (nSPS) is 24.6. The second kappa shape index (κ2) is 4.89. The van der Waals surface area contributed by atoms with E-state index in [9.17, 15) is 9.90 Å². The second-order valence-electron chi connectivity index (χ2n) is 4.74. The van der Waals surface area contributed by atoms with Crippen LogP contribution >= 0.6 is 0 Å². The Morgan fingerprint density at radius 2 is 2.41 bits per heavy atom. The summed E-state index contributed by atoms with van der Waals surface area (Å²) in [7, 11) is 3.92. The predicted octanol–water partition coefficient (Wildman–Crippen LogP) is 0.417. The zero-order valence-corrected chi connectivity index (χ0v) is 10.2. The van der Waals surface area contributed by atoms with E-state index in [0.717, 1.165) is 6.54 Å². The van der Waals surface area contributed by atoms with Gasteiger partial charge < -0.3 is 19.3 Å².